The highest BCUT2D eigenvalue weighted by Crippen LogP contribution is 2.35. The second-order valence-corrected chi connectivity index (χ2v) is 15.6. The summed E-state index contributed by atoms with van der Waals surface area (Å²) < 4.78 is 22.4. The second-order valence-electron chi connectivity index (χ2n) is 10.5. The van der Waals surface area contributed by atoms with E-state index in [2.05, 4.69) is 41.0 Å². The SMILES string of the molecule is COc1nc(N2CCC(N(C)C)CC2=O)nc(OC)c1NC(=O)c1ccc(Oc2cccc([Si](C)(C)C)c2)o1. The number of furan rings is 1. The van der Waals surface area contributed by atoms with Crippen molar-refractivity contribution in [1.29, 1.82) is 0 Å². The Kier molecular flexibility index (Phi) is 8.26. The quantitative estimate of drug-likeness (QED) is 0.395. The molecule has 1 aliphatic rings. The third kappa shape index (κ3) is 6.40. The van der Waals surface area contributed by atoms with Crippen LogP contribution in [-0.4, -0.2) is 75.7 Å². The van der Waals surface area contributed by atoms with Gasteiger partial charge in [0.15, 0.2) is 11.4 Å². The molecule has 1 unspecified atom stereocenters. The minimum atomic E-state index is -1.52. The Morgan fingerprint density at radius 1 is 1.10 bits per heavy atom. The first-order chi connectivity index (χ1) is 18.5. The summed E-state index contributed by atoms with van der Waals surface area (Å²) >= 11 is 0. The summed E-state index contributed by atoms with van der Waals surface area (Å²) in [7, 11) is 5.21. The van der Waals surface area contributed by atoms with Crippen LogP contribution in [0.25, 0.3) is 0 Å². The number of anilines is 2. The Bertz CT molecular complexity index is 1330. The lowest BCUT2D eigenvalue weighted by Crippen LogP contribution is -2.46. The van der Waals surface area contributed by atoms with Crippen molar-refractivity contribution in [3.63, 3.8) is 0 Å². The summed E-state index contributed by atoms with van der Waals surface area (Å²) in [5.41, 5.74) is 0.117. The molecular weight excluding hydrogens is 518 g/mol. The molecule has 1 atom stereocenters. The minimum absolute atomic E-state index is 0.0143. The van der Waals surface area contributed by atoms with Crippen LogP contribution in [0.4, 0.5) is 11.6 Å². The molecule has 0 bridgehead atoms. The first-order valence-corrected chi connectivity index (χ1v) is 16.2. The van der Waals surface area contributed by atoms with Crippen LogP contribution in [0.1, 0.15) is 23.4 Å². The van der Waals surface area contributed by atoms with Crippen LogP contribution < -0.4 is 29.6 Å². The van der Waals surface area contributed by atoms with Gasteiger partial charge in [-0.15, -0.1) is 0 Å². The summed E-state index contributed by atoms with van der Waals surface area (Å²) in [6.45, 7) is 7.22. The highest BCUT2D eigenvalue weighted by atomic mass is 28.3. The Balaban J connectivity index is 1.51. The normalized spacial score (nSPS) is 15.8. The maximum atomic E-state index is 13.0. The second kappa shape index (κ2) is 11.5. The molecule has 4 rings (SSSR count). The summed E-state index contributed by atoms with van der Waals surface area (Å²) in [6, 6.07) is 11.1. The first-order valence-electron chi connectivity index (χ1n) is 12.7. The van der Waals surface area contributed by atoms with E-state index < -0.39 is 14.0 Å². The maximum absolute atomic E-state index is 13.0. The molecule has 1 N–H and O–H groups in total. The lowest BCUT2D eigenvalue weighted by atomic mass is 10.0. The number of rotatable bonds is 9. The highest BCUT2D eigenvalue weighted by Gasteiger charge is 2.31. The van der Waals surface area contributed by atoms with Crippen LogP contribution in [0.5, 0.6) is 23.5 Å². The van der Waals surface area contributed by atoms with Crippen molar-refractivity contribution in [2.75, 3.05) is 45.1 Å². The molecule has 3 heterocycles. The van der Waals surface area contributed by atoms with Crippen molar-refractivity contribution in [1.82, 2.24) is 14.9 Å². The first kappa shape index (κ1) is 28.1. The molecule has 0 aliphatic carbocycles. The third-order valence-corrected chi connectivity index (χ3v) is 8.59. The highest BCUT2D eigenvalue weighted by molar-refractivity contribution is 6.88. The van der Waals surface area contributed by atoms with Crippen molar-refractivity contribution in [2.45, 2.75) is 38.5 Å². The van der Waals surface area contributed by atoms with Crippen molar-refractivity contribution < 1.29 is 28.2 Å². The fourth-order valence-corrected chi connectivity index (χ4v) is 5.39. The van der Waals surface area contributed by atoms with Gasteiger partial charge in [-0.2, -0.15) is 9.97 Å². The van der Waals surface area contributed by atoms with E-state index in [0.717, 1.165) is 6.42 Å². The molecule has 2 aromatic heterocycles. The third-order valence-electron chi connectivity index (χ3n) is 6.55. The van der Waals surface area contributed by atoms with Gasteiger partial charge in [0, 0.05) is 25.1 Å². The molecular formula is C27H35N5O6Si. The van der Waals surface area contributed by atoms with Gasteiger partial charge in [0.25, 0.3) is 11.9 Å². The van der Waals surface area contributed by atoms with Crippen molar-refractivity contribution in [2.24, 2.45) is 0 Å². The molecule has 1 saturated heterocycles. The van der Waals surface area contributed by atoms with Gasteiger partial charge in [0.05, 0.1) is 22.3 Å². The molecule has 1 aliphatic heterocycles. The maximum Gasteiger partial charge on any atom is 0.291 e. The minimum Gasteiger partial charge on any atom is -0.479 e. The number of nitrogens with one attached hydrogen (secondary N) is 1. The molecule has 1 fully saturated rings. The van der Waals surface area contributed by atoms with E-state index in [1.165, 1.54) is 30.4 Å². The lowest BCUT2D eigenvalue weighted by molar-refractivity contribution is -0.121. The van der Waals surface area contributed by atoms with Gasteiger partial charge in [-0.05, 0) is 38.7 Å². The van der Waals surface area contributed by atoms with Gasteiger partial charge >= 0.3 is 0 Å². The lowest BCUT2D eigenvalue weighted by Gasteiger charge is -2.33. The number of piperidine rings is 1. The van der Waals surface area contributed by atoms with Crippen LogP contribution in [0.15, 0.2) is 40.8 Å². The number of methoxy groups -OCH3 is 2. The number of aromatic nitrogens is 2. The van der Waals surface area contributed by atoms with Crippen LogP contribution in [0.3, 0.4) is 0 Å². The van der Waals surface area contributed by atoms with Gasteiger partial charge < -0.3 is 28.8 Å². The Hall–Kier alpha value is -3.90. The number of hydrogen-bond acceptors (Lipinski definition) is 9. The van der Waals surface area contributed by atoms with E-state index in [4.69, 9.17) is 18.6 Å². The van der Waals surface area contributed by atoms with Crippen LogP contribution in [0.2, 0.25) is 19.6 Å². The Morgan fingerprint density at radius 2 is 1.79 bits per heavy atom. The molecule has 208 valence electrons. The largest absolute Gasteiger partial charge is 0.479 e. The van der Waals surface area contributed by atoms with E-state index in [-0.39, 0.29) is 47.1 Å². The predicted octanol–water partition coefficient (Wildman–Crippen LogP) is 3.73. The van der Waals surface area contributed by atoms with E-state index in [0.29, 0.717) is 18.7 Å². The molecule has 12 heteroatoms. The molecule has 3 aromatic rings. The standard InChI is InChI=1S/C27H35N5O6Si/c1-31(2)17-13-14-32(21(33)15-17)27-29-25(35-3)23(26(30-27)36-4)28-24(34)20-11-12-22(38-20)37-18-9-8-10-19(16-18)39(5,6)7/h8-12,16-17H,13-15H2,1-7H3,(H,28,34). The number of nitrogens with zero attached hydrogens (tertiary/aromatic N) is 4. The average Bonchev–Trinajstić information content (AvgIpc) is 3.37. The smallest absolute Gasteiger partial charge is 0.291 e. The van der Waals surface area contributed by atoms with Crippen molar-refractivity contribution in [3.05, 3.63) is 42.2 Å². The molecule has 1 aromatic carbocycles. The van der Waals surface area contributed by atoms with Gasteiger partial charge in [0.2, 0.25) is 23.6 Å². The van der Waals surface area contributed by atoms with E-state index in [9.17, 15) is 9.59 Å². The molecule has 0 saturated carbocycles. The van der Waals surface area contributed by atoms with Crippen LogP contribution >= 0.6 is 0 Å². The molecule has 11 nitrogen and oxygen atoms in total. The fraction of sp³-hybridized carbons (Fsp3) is 0.407. The summed E-state index contributed by atoms with van der Waals surface area (Å²) in [6.07, 6.45) is 1.13. The predicted molar refractivity (Wildman–Crippen MR) is 150 cm³/mol. The summed E-state index contributed by atoms with van der Waals surface area (Å²) in [4.78, 5) is 38.2. The number of benzene rings is 1. The van der Waals surface area contributed by atoms with Gasteiger partial charge in [-0.25, -0.2) is 0 Å². The monoisotopic (exact) mass is 553 g/mol. The van der Waals surface area contributed by atoms with Gasteiger partial charge in [-0.3, -0.25) is 14.5 Å². The van der Waals surface area contributed by atoms with E-state index in [1.54, 1.807) is 6.07 Å². The topological polar surface area (TPSA) is 119 Å². The fourth-order valence-electron chi connectivity index (χ4n) is 4.22. The molecule has 0 spiro atoms. The zero-order valence-corrected chi connectivity index (χ0v) is 24.4. The summed E-state index contributed by atoms with van der Waals surface area (Å²) in [5, 5.41) is 3.95. The number of hydrogen-bond donors (Lipinski definition) is 1. The average molecular weight is 554 g/mol. The number of ether oxygens (including phenoxy) is 3. The zero-order chi connectivity index (χ0) is 28.3. The van der Waals surface area contributed by atoms with Gasteiger partial charge in [0.1, 0.15) is 5.75 Å². The van der Waals surface area contributed by atoms with E-state index >= 15 is 0 Å². The van der Waals surface area contributed by atoms with Crippen molar-refractivity contribution in [3.8, 4) is 23.5 Å². The van der Waals surface area contributed by atoms with Crippen LogP contribution in [-0.2, 0) is 4.79 Å². The van der Waals surface area contributed by atoms with Crippen LogP contribution in [0, 0.1) is 0 Å². The Morgan fingerprint density at radius 3 is 2.38 bits per heavy atom. The zero-order valence-electron chi connectivity index (χ0n) is 23.4. The number of carbonyl (C=O) groups is 2. The van der Waals surface area contributed by atoms with Gasteiger partial charge in [-0.1, -0.05) is 37.0 Å². The summed E-state index contributed by atoms with van der Waals surface area (Å²) in [5.74, 6) is 0.415. The molecule has 39 heavy (non-hydrogen) atoms. The molecule has 2 amide bonds. The Labute approximate surface area is 229 Å². The van der Waals surface area contributed by atoms with Crippen molar-refractivity contribution >= 4 is 36.7 Å². The molecule has 0 radical (unpaired) electrons. The van der Waals surface area contributed by atoms with E-state index in [1.807, 2.05) is 37.2 Å². The number of amides is 2. The number of carbonyl (C=O) groups excluding carboxylic acids is 2.